The second-order valence-corrected chi connectivity index (χ2v) is 8.76. The van der Waals surface area contributed by atoms with E-state index in [0.29, 0.717) is 24.1 Å². The van der Waals surface area contributed by atoms with Crippen molar-refractivity contribution < 1.29 is 4.79 Å². The molecule has 0 spiro atoms. The molecular formula is C22H32N4O. The number of hydrogen-bond donors (Lipinski definition) is 1. The van der Waals surface area contributed by atoms with Gasteiger partial charge in [-0.05, 0) is 57.2 Å². The number of likely N-dealkylation sites (tertiary alicyclic amines) is 1. The Kier molecular flexibility index (Phi) is 5.70. The third-order valence-electron chi connectivity index (χ3n) is 5.53. The highest BCUT2D eigenvalue weighted by atomic mass is 16.2. The fourth-order valence-corrected chi connectivity index (χ4v) is 4.07. The van der Waals surface area contributed by atoms with Crippen molar-refractivity contribution in [3.8, 4) is 5.69 Å². The van der Waals surface area contributed by atoms with Crippen LogP contribution in [0.25, 0.3) is 5.69 Å². The lowest BCUT2D eigenvalue weighted by atomic mass is 9.88. The van der Waals surface area contributed by atoms with Gasteiger partial charge in [-0.3, -0.25) is 9.69 Å². The summed E-state index contributed by atoms with van der Waals surface area (Å²) >= 11 is 0. The van der Waals surface area contributed by atoms with Gasteiger partial charge >= 0.3 is 0 Å². The average Bonchev–Trinajstić information content (AvgIpc) is 3.01. The summed E-state index contributed by atoms with van der Waals surface area (Å²) in [5.41, 5.74) is 2.30. The number of nitrogens with one attached hydrogen (secondary N) is 1. The summed E-state index contributed by atoms with van der Waals surface area (Å²) in [5.74, 6) is 1.29. The van der Waals surface area contributed by atoms with Crippen LogP contribution < -0.4 is 5.32 Å². The molecule has 27 heavy (non-hydrogen) atoms. The molecule has 3 rings (SSSR count). The topological polar surface area (TPSA) is 50.2 Å². The molecule has 0 bridgehead atoms. The minimum atomic E-state index is -0.112. The number of carbonyl (C=O) groups is 1. The van der Waals surface area contributed by atoms with Gasteiger partial charge < -0.3 is 5.32 Å². The van der Waals surface area contributed by atoms with E-state index in [-0.39, 0.29) is 11.4 Å². The molecule has 1 aliphatic rings. The summed E-state index contributed by atoms with van der Waals surface area (Å²) in [5, 5.41) is 7.61. The first-order chi connectivity index (χ1) is 12.8. The predicted molar refractivity (Wildman–Crippen MR) is 109 cm³/mol. The van der Waals surface area contributed by atoms with Crippen LogP contribution in [0.2, 0.25) is 0 Å². The van der Waals surface area contributed by atoms with Crippen LogP contribution in [0.15, 0.2) is 36.4 Å². The van der Waals surface area contributed by atoms with E-state index < -0.39 is 0 Å². The van der Waals surface area contributed by atoms with Crippen LogP contribution >= 0.6 is 0 Å². The van der Waals surface area contributed by atoms with Crippen molar-refractivity contribution in [2.24, 2.45) is 11.8 Å². The molecule has 0 aliphatic carbocycles. The minimum absolute atomic E-state index is 0.0738. The van der Waals surface area contributed by atoms with Crippen LogP contribution in [0.4, 0.5) is 0 Å². The van der Waals surface area contributed by atoms with Crippen molar-refractivity contribution in [2.45, 2.75) is 46.6 Å². The van der Waals surface area contributed by atoms with Crippen molar-refractivity contribution in [2.75, 3.05) is 19.6 Å². The number of benzene rings is 1. The Hall–Kier alpha value is -2.14. The average molecular weight is 369 g/mol. The Balaban J connectivity index is 1.65. The van der Waals surface area contributed by atoms with Gasteiger partial charge in [0.2, 0.25) is 0 Å². The van der Waals surface area contributed by atoms with E-state index >= 15 is 0 Å². The van der Waals surface area contributed by atoms with Crippen molar-refractivity contribution in [3.05, 3.63) is 47.8 Å². The highest BCUT2D eigenvalue weighted by Gasteiger charge is 2.33. The molecule has 146 valence electrons. The number of hydrogen-bond acceptors (Lipinski definition) is 3. The predicted octanol–water partition coefficient (Wildman–Crippen LogP) is 3.67. The molecule has 1 amide bonds. The maximum Gasteiger partial charge on any atom is 0.271 e. The van der Waals surface area contributed by atoms with E-state index in [0.717, 1.165) is 24.5 Å². The van der Waals surface area contributed by atoms with E-state index in [1.54, 1.807) is 0 Å². The van der Waals surface area contributed by atoms with Crippen molar-refractivity contribution in [1.29, 1.82) is 0 Å². The monoisotopic (exact) mass is 368 g/mol. The van der Waals surface area contributed by atoms with Gasteiger partial charge in [0.05, 0.1) is 5.69 Å². The molecule has 5 heteroatoms. The number of piperidine rings is 1. The van der Waals surface area contributed by atoms with E-state index in [4.69, 9.17) is 0 Å². The highest BCUT2D eigenvalue weighted by Crippen LogP contribution is 2.27. The molecule has 2 heterocycles. The molecule has 1 aromatic heterocycles. The molecule has 1 aliphatic heterocycles. The second-order valence-electron chi connectivity index (χ2n) is 8.76. The Bertz CT molecular complexity index is 771. The summed E-state index contributed by atoms with van der Waals surface area (Å²) < 4.78 is 1.81. The maximum atomic E-state index is 12.7. The van der Waals surface area contributed by atoms with E-state index in [1.165, 1.54) is 6.42 Å². The second kappa shape index (κ2) is 7.85. The minimum Gasteiger partial charge on any atom is -0.349 e. The Morgan fingerprint density at radius 1 is 1.19 bits per heavy atom. The summed E-state index contributed by atoms with van der Waals surface area (Å²) in [6.45, 7) is 13.8. The van der Waals surface area contributed by atoms with E-state index in [2.05, 4.69) is 43.0 Å². The summed E-state index contributed by atoms with van der Waals surface area (Å²) in [6, 6.07) is 11.7. The van der Waals surface area contributed by atoms with Crippen LogP contribution in [0.3, 0.4) is 0 Å². The lowest BCUT2D eigenvalue weighted by molar-refractivity contribution is 0.0444. The smallest absolute Gasteiger partial charge is 0.271 e. The Morgan fingerprint density at radius 3 is 2.44 bits per heavy atom. The first-order valence-corrected chi connectivity index (χ1v) is 9.91. The first-order valence-electron chi connectivity index (χ1n) is 9.91. The van der Waals surface area contributed by atoms with Crippen molar-refractivity contribution >= 4 is 5.91 Å². The van der Waals surface area contributed by atoms with Crippen LogP contribution in [-0.2, 0) is 0 Å². The SMILES string of the molecule is Cc1cc(C(=O)NCC(C)(C)N2CC(C)CC(C)C2)nn1-c1ccccc1. The number of rotatable bonds is 5. The molecule has 5 nitrogen and oxygen atoms in total. The number of carbonyl (C=O) groups excluding carboxylic acids is 1. The standard InChI is InChI=1S/C22H32N4O/c1-16-11-17(2)14-25(13-16)22(4,5)15-23-21(27)20-12-18(3)26(24-20)19-9-7-6-8-10-19/h6-10,12,16-17H,11,13-15H2,1-5H3,(H,23,27). The van der Waals surface area contributed by atoms with Crippen LogP contribution in [-0.4, -0.2) is 45.8 Å². The van der Waals surface area contributed by atoms with Gasteiger partial charge in [0.25, 0.3) is 5.91 Å². The maximum absolute atomic E-state index is 12.7. The van der Waals surface area contributed by atoms with Gasteiger partial charge in [0, 0.05) is 30.9 Å². The quantitative estimate of drug-likeness (QED) is 0.876. The van der Waals surface area contributed by atoms with E-state index in [1.807, 2.05) is 48.0 Å². The van der Waals surface area contributed by atoms with Gasteiger partial charge in [-0.1, -0.05) is 32.0 Å². The fraction of sp³-hybridized carbons (Fsp3) is 0.545. The molecule has 0 saturated carbocycles. The van der Waals surface area contributed by atoms with Crippen molar-refractivity contribution in [3.63, 3.8) is 0 Å². The molecule has 0 radical (unpaired) electrons. The molecule has 1 fully saturated rings. The molecule has 2 unspecified atom stereocenters. The molecule has 1 saturated heterocycles. The first kappa shape index (κ1) is 19.6. The molecule has 1 aromatic carbocycles. The normalized spacial score (nSPS) is 21.2. The Morgan fingerprint density at radius 2 is 1.81 bits per heavy atom. The van der Waals surface area contributed by atoms with Gasteiger partial charge in [0.15, 0.2) is 5.69 Å². The number of para-hydroxylation sites is 1. The third-order valence-corrected chi connectivity index (χ3v) is 5.53. The summed E-state index contributed by atoms with van der Waals surface area (Å²) in [4.78, 5) is 15.2. The van der Waals surface area contributed by atoms with Gasteiger partial charge in [-0.25, -0.2) is 4.68 Å². The van der Waals surface area contributed by atoms with Crippen molar-refractivity contribution in [1.82, 2.24) is 20.0 Å². The molecule has 1 N–H and O–H groups in total. The Labute approximate surface area is 162 Å². The van der Waals surface area contributed by atoms with Crippen LogP contribution in [0.5, 0.6) is 0 Å². The number of aromatic nitrogens is 2. The molecule has 2 aromatic rings. The number of amides is 1. The molecular weight excluding hydrogens is 336 g/mol. The number of aryl methyl sites for hydroxylation is 1. The third kappa shape index (κ3) is 4.59. The van der Waals surface area contributed by atoms with Crippen LogP contribution in [0.1, 0.15) is 50.3 Å². The fourth-order valence-electron chi connectivity index (χ4n) is 4.07. The highest BCUT2D eigenvalue weighted by molar-refractivity contribution is 5.92. The van der Waals surface area contributed by atoms with Gasteiger partial charge in [-0.2, -0.15) is 5.10 Å². The molecule has 2 atom stereocenters. The van der Waals surface area contributed by atoms with Gasteiger partial charge in [0.1, 0.15) is 0 Å². The zero-order chi connectivity index (χ0) is 19.6. The summed E-state index contributed by atoms with van der Waals surface area (Å²) in [6.07, 6.45) is 1.29. The summed E-state index contributed by atoms with van der Waals surface area (Å²) in [7, 11) is 0. The lowest BCUT2D eigenvalue weighted by Gasteiger charge is -2.45. The zero-order valence-corrected chi connectivity index (χ0v) is 17.2. The number of nitrogens with zero attached hydrogens (tertiary/aromatic N) is 3. The lowest BCUT2D eigenvalue weighted by Crippen LogP contribution is -2.56. The largest absolute Gasteiger partial charge is 0.349 e. The van der Waals surface area contributed by atoms with Gasteiger partial charge in [-0.15, -0.1) is 0 Å². The van der Waals surface area contributed by atoms with E-state index in [9.17, 15) is 4.79 Å². The zero-order valence-electron chi connectivity index (χ0n) is 17.2. The van der Waals surface area contributed by atoms with Crippen LogP contribution in [0, 0.1) is 18.8 Å².